The first-order valence-electron chi connectivity index (χ1n) is 7.23. The molecule has 1 saturated carbocycles. The third-order valence-electron chi connectivity index (χ3n) is 4.26. The highest BCUT2D eigenvalue weighted by Crippen LogP contribution is 2.28. The quantitative estimate of drug-likeness (QED) is 0.758. The monoisotopic (exact) mass is 252 g/mol. The molecule has 2 fully saturated rings. The second-order valence-electron chi connectivity index (χ2n) is 5.64. The lowest BCUT2D eigenvalue weighted by Gasteiger charge is -2.23. The smallest absolute Gasteiger partial charge is 0.246 e. The molecule has 18 heavy (non-hydrogen) atoms. The number of carbonyl (C=O) groups excluding carboxylic acids is 2. The fourth-order valence-corrected chi connectivity index (χ4v) is 3.18. The highest BCUT2D eigenvalue weighted by atomic mass is 16.2. The molecule has 2 unspecified atom stereocenters. The van der Waals surface area contributed by atoms with E-state index in [2.05, 4.69) is 12.2 Å². The molecule has 0 aromatic rings. The van der Waals surface area contributed by atoms with Crippen molar-refractivity contribution >= 4 is 11.8 Å². The molecule has 1 aliphatic carbocycles. The number of likely N-dealkylation sites (tertiary alicyclic amines) is 1. The summed E-state index contributed by atoms with van der Waals surface area (Å²) in [6.45, 7) is 4.70. The summed E-state index contributed by atoms with van der Waals surface area (Å²) in [5, 5.41) is 3.38. The predicted octanol–water partition coefficient (Wildman–Crippen LogP) is 1.69. The Morgan fingerprint density at radius 2 is 2.00 bits per heavy atom. The Morgan fingerprint density at radius 1 is 1.33 bits per heavy atom. The summed E-state index contributed by atoms with van der Waals surface area (Å²) < 4.78 is 0. The largest absolute Gasteiger partial charge is 0.303 e. The van der Waals surface area contributed by atoms with Gasteiger partial charge in [-0.1, -0.05) is 19.8 Å². The average molecular weight is 252 g/mol. The van der Waals surface area contributed by atoms with Crippen LogP contribution in [0.1, 0.15) is 52.4 Å². The molecular formula is C14H24N2O2. The Kier molecular flexibility index (Phi) is 4.38. The molecule has 0 aromatic heterocycles. The van der Waals surface area contributed by atoms with Crippen LogP contribution in [-0.4, -0.2) is 35.3 Å². The summed E-state index contributed by atoms with van der Waals surface area (Å²) in [6.07, 6.45) is 6.29. The van der Waals surface area contributed by atoms with Crippen LogP contribution in [0.3, 0.4) is 0 Å². The van der Waals surface area contributed by atoms with E-state index in [0.29, 0.717) is 24.9 Å². The van der Waals surface area contributed by atoms with Gasteiger partial charge < -0.3 is 5.32 Å². The molecule has 0 aromatic carbocycles. The number of rotatable bonds is 5. The number of hydrogen-bond acceptors (Lipinski definition) is 3. The Balaban J connectivity index is 1.90. The highest BCUT2D eigenvalue weighted by Gasteiger charge is 2.39. The van der Waals surface area contributed by atoms with E-state index in [9.17, 15) is 9.59 Å². The lowest BCUT2D eigenvalue weighted by molar-refractivity contribution is -0.138. The van der Waals surface area contributed by atoms with E-state index in [1.165, 1.54) is 30.6 Å². The van der Waals surface area contributed by atoms with Gasteiger partial charge in [0.1, 0.15) is 0 Å². The van der Waals surface area contributed by atoms with Crippen LogP contribution in [0.5, 0.6) is 0 Å². The number of nitrogens with one attached hydrogen (secondary N) is 1. The van der Waals surface area contributed by atoms with Crippen LogP contribution in [0.4, 0.5) is 0 Å². The molecule has 0 spiro atoms. The van der Waals surface area contributed by atoms with Crippen molar-refractivity contribution in [3.05, 3.63) is 0 Å². The molecule has 1 aliphatic heterocycles. The second kappa shape index (κ2) is 5.83. The molecule has 0 bridgehead atoms. The molecule has 1 saturated heterocycles. The van der Waals surface area contributed by atoms with E-state index in [-0.39, 0.29) is 17.9 Å². The Bertz CT molecular complexity index is 324. The molecular weight excluding hydrogens is 228 g/mol. The van der Waals surface area contributed by atoms with E-state index >= 15 is 0 Å². The average Bonchev–Trinajstić information content (AvgIpc) is 2.94. The third-order valence-corrected chi connectivity index (χ3v) is 4.26. The summed E-state index contributed by atoms with van der Waals surface area (Å²) >= 11 is 0. The maximum atomic E-state index is 12.1. The van der Waals surface area contributed by atoms with E-state index in [4.69, 9.17) is 0 Å². The molecule has 0 radical (unpaired) electrons. The molecule has 102 valence electrons. The van der Waals surface area contributed by atoms with Crippen molar-refractivity contribution in [3.8, 4) is 0 Å². The molecule has 2 amide bonds. The topological polar surface area (TPSA) is 49.4 Å². The first kappa shape index (κ1) is 13.5. The molecule has 2 rings (SSSR count). The van der Waals surface area contributed by atoms with Crippen LogP contribution in [0.25, 0.3) is 0 Å². The number of imide groups is 1. The van der Waals surface area contributed by atoms with Crippen molar-refractivity contribution in [1.82, 2.24) is 10.2 Å². The third kappa shape index (κ3) is 2.74. The maximum absolute atomic E-state index is 12.1. The van der Waals surface area contributed by atoms with Gasteiger partial charge in [0.05, 0.1) is 12.5 Å². The lowest BCUT2D eigenvalue weighted by atomic mass is 9.99. The van der Waals surface area contributed by atoms with E-state index in [0.717, 1.165) is 6.42 Å². The van der Waals surface area contributed by atoms with Crippen LogP contribution < -0.4 is 5.32 Å². The molecule has 4 heteroatoms. The predicted molar refractivity (Wildman–Crippen MR) is 70.0 cm³/mol. The second-order valence-corrected chi connectivity index (χ2v) is 5.64. The van der Waals surface area contributed by atoms with Gasteiger partial charge in [0.25, 0.3) is 0 Å². The van der Waals surface area contributed by atoms with Crippen LogP contribution in [0, 0.1) is 5.92 Å². The number of amides is 2. The normalized spacial score (nSPS) is 27.2. The first-order valence-corrected chi connectivity index (χ1v) is 7.23. The van der Waals surface area contributed by atoms with Crippen LogP contribution in [0.2, 0.25) is 0 Å². The van der Waals surface area contributed by atoms with E-state index in [1.54, 1.807) is 0 Å². The van der Waals surface area contributed by atoms with Crippen molar-refractivity contribution in [2.75, 3.05) is 6.54 Å². The van der Waals surface area contributed by atoms with Crippen molar-refractivity contribution in [1.29, 1.82) is 0 Å². The van der Waals surface area contributed by atoms with Gasteiger partial charge >= 0.3 is 0 Å². The zero-order valence-corrected chi connectivity index (χ0v) is 11.4. The van der Waals surface area contributed by atoms with E-state index in [1.807, 2.05) is 6.92 Å². The van der Waals surface area contributed by atoms with Crippen molar-refractivity contribution in [2.45, 2.75) is 64.5 Å². The zero-order valence-electron chi connectivity index (χ0n) is 11.4. The number of nitrogens with zero attached hydrogens (tertiary/aromatic N) is 1. The molecule has 2 aliphatic rings. The van der Waals surface area contributed by atoms with Crippen molar-refractivity contribution in [3.63, 3.8) is 0 Å². The molecule has 1 N–H and O–H groups in total. The highest BCUT2D eigenvalue weighted by molar-refractivity contribution is 6.05. The SMILES string of the molecule is CCCN1C(=O)CC(NC(C)C2CCCC2)C1=O. The number of carbonyl (C=O) groups is 2. The molecule has 1 heterocycles. The maximum Gasteiger partial charge on any atom is 0.246 e. The first-order chi connectivity index (χ1) is 8.63. The van der Waals surface area contributed by atoms with Gasteiger partial charge in [-0.25, -0.2) is 0 Å². The van der Waals surface area contributed by atoms with Crippen molar-refractivity contribution in [2.24, 2.45) is 5.92 Å². The zero-order chi connectivity index (χ0) is 13.1. The summed E-state index contributed by atoms with van der Waals surface area (Å²) in [7, 11) is 0. The Hall–Kier alpha value is -0.900. The lowest BCUT2D eigenvalue weighted by Crippen LogP contribution is -2.45. The summed E-state index contributed by atoms with van der Waals surface area (Å²) in [5.74, 6) is 0.637. The van der Waals surface area contributed by atoms with Gasteiger partial charge in [-0.05, 0) is 32.1 Å². The molecule has 4 nitrogen and oxygen atoms in total. The fourth-order valence-electron chi connectivity index (χ4n) is 3.18. The Morgan fingerprint density at radius 3 is 2.61 bits per heavy atom. The van der Waals surface area contributed by atoms with Crippen molar-refractivity contribution < 1.29 is 9.59 Å². The van der Waals surface area contributed by atoms with Gasteiger partial charge in [-0.3, -0.25) is 14.5 Å². The van der Waals surface area contributed by atoms with Gasteiger partial charge in [0.15, 0.2) is 0 Å². The summed E-state index contributed by atoms with van der Waals surface area (Å²) in [6, 6.07) is 0.0653. The van der Waals surface area contributed by atoms with Gasteiger partial charge in [0, 0.05) is 12.6 Å². The fraction of sp³-hybridized carbons (Fsp3) is 0.857. The van der Waals surface area contributed by atoms with E-state index < -0.39 is 0 Å². The number of hydrogen-bond donors (Lipinski definition) is 1. The molecule has 2 atom stereocenters. The van der Waals surface area contributed by atoms with Gasteiger partial charge in [0.2, 0.25) is 11.8 Å². The minimum absolute atomic E-state index is 0.0158. The van der Waals surface area contributed by atoms with Crippen LogP contribution in [-0.2, 0) is 9.59 Å². The minimum Gasteiger partial charge on any atom is -0.303 e. The standard InChI is InChI=1S/C14H24N2O2/c1-3-8-16-13(17)9-12(14(16)18)15-10(2)11-6-4-5-7-11/h10-12,15H,3-9H2,1-2H3. The van der Waals surface area contributed by atoms with Gasteiger partial charge in [-0.15, -0.1) is 0 Å². The summed E-state index contributed by atoms with van der Waals surface area (Å²) in [5.41, 5.74) is 0. The Labute approximate surface area is 109 Å². The van der Waals surface area contributed by atoms with Gasteiger partial charge in [-0.2, -0.15) is 0 Å². The summed E-state index contributed by atoms with van der Waals surface area (Å²) in [4.78, 5) is 25.3. The van der Waals surface area contributed by atoms with Crippen LogP contribution >= 0.6 is 0 Å². The minimum atomic E-state index is -0.278. The van der Waals surface area contributed by atoms with Crippen LogP contribution in [0.15, 0.2) is 0 Å².